The first kappa shape index (κ1) is 17.1. The molecule has 0 aliphatic carbocycles. The summed E-state index contributed by atoms with van der Waals surface area (Å²) in [6, 6.07) is 15.3. The van der Waals surface area contributed by atoms with Crippen LogP contribution in [0.15, 0.2) is 53.3 Å². The van der Waals surface area contributed by atoms with Gasteiger partial charge in [-0.15, -0.1) is 5.10 Å². The van der Waals surface area contributed by atoms with Gasteiger partial charge in [-0.25, -0.2) is 0 Å². The maximum atomic E-state index is 12.5. The zero-order valence-electron chi connectivity index (χ0n) is 14.4. The van der Waals surface area contributed by atoms with Crippen LogP contribution < -0.4 is 5.56 Å². The molecule has 0 bridgehead atoms. The Labute approximate surface area is 156 Å². The van der Waals surface area contributed by atoms with E-state index in [1.54, 1.807) is 6.07 Å². The van der Waals surface area contributed by atoms with E-state index >= 15 is 0 Å². The van der Waals surface area contributed by atoms with E-state index in [1.165, 1.54) is 10.2 Å². The topological polar surface area (TPSA) is 54.3 Å². The van der Waals surface area contributed by atoms with Crippen molar-refractivity contribution < 1.29 is 0 Å². The summed E-state index contributed by atoms with van der Waals surface area (Å²) in [7, 11) is 0. The molecule has 2 aromatic carbocycles. The standard InChI is InChI=1S/C19H20ClN5O/c20-16-7-5-15(6-8-16)13-23-9-11-24(12-10-23)14-25-19(26)17-3-1-2-4-18(17)21-22-25/h1-8H,9-14H2. The molecular weight excluding hydrogens is 350 g/mol. The van der Waals surface area contributed by atoms with Gasteiger partial charge < -0.3 is 0 Å². The second-order valence-corrected chi connectivity index (χ2v) is 7.01. The van der Waals surface area contributed by atoms with E-state index in [9.17, 15) is 4.79 Å². The smallest absolute Gasteiger partial charge is 0.278 e. The van der Waals surface area contributed by atoms with Crippen molar-refractivity contribution in [1.29, 1.82) is 0 Å². The molecule has 26 heavy (non-hydrogen) atoms. The lowest BCUT2D eigenvalue weighted by molar-refractivity contribution is 0.0961. The Morgan fingerprint density at radius 3 is 2.38 bits per heavy atom. The normalized spacial score (nSPS) is 16.2. The van der Waals surface area contributed by atoms with E-state index in [1.807, 2.05) is 30.3 Å². The molecule has 1 aliphatic heterocycles. The minimum absolute atomic E-state index is 0.0841. The lowest BCUT2D eigenvalue weighted by Gasteiger charge is -2.34. The van der Waals surface area contributed by atoms with Crippen LogP contribution in [-0.4, -0.2) is 51.0 Å². The van der Waals surface area contributed by atoms with Gasteiger partial charge in [0, 0.05) is 37.7 Å². The number of halogens is 1. The molecular formula is C19H20ClN5O. The van der Waals surface area contributed by atoms with E-state index in [0.29, 0.717) is 17.6 Å². The van der Waals surface area contributed by atoms with Crippen molar-refractivity contribution in [2.75, 3.05) is 26.2 Å². The van der Waals surface area contributed by atoms with Gasteiger partial charge in [-0.2, -0.15) is 4.68 Å². The fourth-order valence-electron chi connectivity index (χ4n) is 3.24. The first-order chi connectivity index (χ1) is 12.7. The summed E-state index contributed by atoms with van der Waals surface area (Å²) in [5, 5.41) is 9.61. The molecule has 0 unspecified atom stereocenters. The molecule has 0 atom stereocenters. The number of aromatic nitrogens is 3. The van der Waals surface area contributed by atoms with Crippen LogP contribution in [0.2, 0.25) is 5.02 Å². The molecule has 0 amide bonds. The highest BCUT2D eigenvalue weighted by molar-refractivity contribution is 6.30. The quantitative estimate of drug-likeness (QED) is 0.705. The molecule has 1 fully saturated rings. The Balaban J connectivity index is 1.37. The molecule has 6 nitrogen and oxygen atoms in total. The third-order valence-electron chi connectivity index (χ3n) is 4.75. The number of fused-ring (bicyclic) bond motifs is 1. The molecule has 0 radical (unpaired) electrons. The highest BCUT2D eigenvalue weighted by Crippen LogP contribution is 2.13. The number of rotatable bonds is 4. The maximum absolute atomic E-state index is 12.5. The van der Waals surface area contributed by atoms with Crippen molar-refractivity contribution in [2.24, 2.45) is 0 Å². The number of nitrogens with zero attached hydrogens (tertiary/aromatic N) is 5. The van der Waals surface area contributed by atoms with Crippen LogP contribution in [0.25, 0.3) is 10.9 Å². The fourth-order valence-corrected chi connectivity index (χ4v) is 3.37. The second kappa shape index (κ2) is 7.53. The Morgan fingerprint density at radius 1 is 0.923 bits per heavy atom. The van der Waals surface area contributed by atoms with Gasteiger partial charge in [-0.1, -0.05) is 41.1 Å². The first-order valence-electron chi connectivity index (χ1n) is 8.71. The van der Waals surface area contributed by atoms with Crippen LogP contribution in [-0.2, 0) is 13.2 Å². The van der Waals surface area contributed by atoms with Crippen LogP contribution in [0.3, 0.4) is 0 Å². The number of piperazine rings is 1. The van der Waals surface area contributed by atoms with Gasteiger partial charge in [0.05, 0.1) is 12.1 Å². The third kappa shape index (κ3) is 3.77. The van der Waals surface area contributed by atoms with E-state index in [-0.39, 0.29) is 5.56 Å². The lowest BCUT2D eigenvalue weighted by atomic mass is 10.2. The van der Waals surface area contributed by atoms with Crippen molar-refractivity contribution in [3.05, 3.63) is 69.5 Å². The molecule has 0 N–H and O–H groups in total. The van der Waals surface area contributed by atoms with E-state index in [2.05, 4.69) is 32.2 Å². The summed E-state index contributed by atoms with van der Waals surface area (Å²) in [4.78, 5) is 17.2. The predicted molar refractivity (Wildman–Crippen MR) is 102 cm³/mol. The average molecular weight is 370 g/mol. The molecule has 1 aliphatic rings. The van der Waals surface area contributed by atoms with Crippen LogP contribution in [0.4, 0.5) is 0 Å². The molecule has 1 aromatic heterocycles. The third-order valence-corrected chi connectivity index (χ3v) is 5.00. The summed E-state index contributed by atoms with van der Waals surface area (Å²) in [5.41, 5.74) is 1.82. The minimum atomic E-state index is -0.0841. The number of hydrogen-bond donors (Lipinski definition) is 0. The molecule has 1 saturated heterocycles. The molecule has 3 aromatic rings. The summed E-state index contributed by atoms with van der Waals surface area (Å²) in [6.45, 7) is 5.10. The van der Waals surface area contributed by atoms with Gasteiger partial charge in [0.15, 0.2) is 0 Å². The predicted octanol–water partition coefficient (Wildman–Crippen LogP) is 2.22. The fraction of sp³-hybridized carbons (Fsp3) is 0.316. The first-order valence-corrected chi connectivity index (χ1v) is 9.08. The summed E-state index contributed by atoms with van der Waals surface area (Å²) < 4.78 is 1.46. The van der Waals surface area contributed by atoms with Crippen LogP contribution in [0, 0.1) is 0 Å². The van der Waals surface area contributed by atoms with Gasteiger partial charge in [-0.05, 0) is 29.8 Å². The molecule has 0 saturated carbocycles. The molecule has 134 valence electrons. The van der Waals surface area contributed by atoms with E-state index in [4.69, 9.17) is 11.6 Å². The number of benzene rings is 2. The van der Waals surface area contributed by atoms with Crippen LogP contribution >= 0.6 is 11.6 Å². The Hall–Kier alpha value is -2.28. The summed E-state index contributed by atoms with van der Waals surface area (Å²) >= 11 is 5.94. The van der Waals surface area contributed by atoms with Gasteiger partial charge in [0.25, 0.3) is 5.56 Å². The molecule has 2 heterocycles. The van der Waals surface area contributed by atoms with Crippen molar-refractivity contribution in [2.45, 2.75) is 13.2 Å². The second-order valence-electron chi connectivity index (χ2n) is 6.57. The highest BCUT2D eigenvalue weighted by atomic mass is 35.5. The zero-order valence-corrected chi connectivity index (χ0v) is 15.1. The SMILES string of the molecule is O=c1c2ccccc2nnn1CN1CCN(Cc2ccc(Cl)cc2)CC1. The van der Waals surface area contributed by atoms with Gasteiger partial charge in [-0.3, -0.25) is 14.6 Å². The summed E-state index contributed by atoms with van der Waals surface area (Å²) in [6.07, 6.45) is 0. The van der Waals surface area contributed by atoms with Crippen LogP contribution in [0.5, 0.6) is 0 Å². The Bertz CT molecular complexity index is 948. The largest absolute Gasteiger partial charge is 0.297 e. The van der Waals surface area contributed by atoms with E-state index in [0.717, 1.165) is 37.7 Å². The van der Waals surface area contributed by atoms with Gasteiger partial charge in [0.1, 0.15) is 5.52 Å². The van der Waals surface area contributed by atoms with Gasteiger partial charge >= 0.3 is 0 Å². The average Bonchev–Trinajstić information content (AvgIpc) is 2.67. The Kier molecular flexibility index (Phi) is 4.97. The van der Waals surface area contributed by atoms with Gasteiger partial charge in [0.2, 0.25) is 0 Å². The van der Waals surface area contributed by atoms with Crippen LogP contribution in [0.1, 0.15) is 5.56 Å². The lowest BCUT2D eigenvalue weighted by Crippen LogP contribution is -2.47. The minimum Gasteiger partial charge on any atom is -0.297 e. The monoisotopic (exact) mass is 369 g/mol. The zero-order chi connectivity index (χ0) is 17.9. The Morgan fingerprint density at radius 2 is 1.62 bits per heavy atom. The molecule has 4 rings (SSSR count). The summed E-state index contributed by atoms with van der Waals surface area (Å²) in [5.74, 6) is 0. The van der Waals surface area contributed by atoms with Crippen molar-refractivity contribution in [1.82, 2.24) is 24.8 Å². The van der Waals surface area contributed by atoms with Crippen molar-refractivity contribution in [3.8, 4) is 0 Å². The maximum Gasteiger partial charge on any atom is 0.278 e. The van der Waals surface area contributed by atoms with Crippen molar-refractivity contribution in [3.63, 3.8) is 0 Å². The number of hydrogen-bond acceptors (Lipinski definition) is 5. The molecule has 7 heteroatoms. The molecule has 0 spiro atoms. The highest BCUT2D eigenvalue weighted by Gasteiger charge is 2.18. The van der Waals surface area contributed by atoms with E-state index < -0.39 is 0 Å². The van der Waals surface area contributed by atoms with Crippen molar-refractivity contribution >= 4 is 22.5 Å².